The van der Waals surface area contributed by atoms with Crippen molar-refractivity contribution in [3.63, 3.8) is 0 Å². The minimum atomic E-state index is 0.409. The number of nitrogens with zero attached hydrogens (tertiary/aromatic N) is 2. The van der Waals surface area contributed by atoms with Crippen molar-refractivity contribution in [1.82, 2.24) is 9.97 Å². The first-order valence-corrected chi connectivity index (χ1v) is 6.76. The minimum Gasteiger partial charge on any atom is -0.383 e. The number of nitrogens with one attached hydrogen (secondary N) is 1. The molecule has 0 radical (unpaired) electrons. The Morgan fingerprint density at radius 2 is 2.39 bits per heavy atom. The molecule has 18 heavy (non-hydrogen) atoms. The standard InChI is InChI=1S/C13H22N4O/c1-2-4-11-12(14)16-9-17-13(11)15-7-6-10-5-3-8-18-10/h9-10H,2-8H2,1H3,(H3,14,15,16,17). The van der Waals surface area contributed by atoms with E-state index in [1.807, 2.05) is 0 Å². The summed E-state index contributed by atoms with van der Waals surface area (Å²) in [6.45, 7) is 3.91. The van der Waals surface area contributed by atoms with Gasteiger partial charge in [0.15, 0.2) is 0 Å². The van der Waals surface area contributed by atoms with Crippen molar-refractivity contribution < 1.29 is 4.74 Å². The quantitative estimate of drug-likeness (QED) is 0.807. The van der Waals surface area contributed by atoms with Crippen molar-refractivity contribution in [2.45, 2.75) is 45.1 Å². The topological polar surface area (TPSA) is 73.1 Å². The fourth-order valence-corrected chi connectivity index (χ4v) is 2.30. The van der Waals surface area contributed by atoms with Gasteiger partial charge in [-0.3, -0.25) is 0 Å². The highest BCUT2D eigenvalue weighted by Gasteiger charge is 2.15. The van der Waals surface area contributed by atoms with E-state index in [-0.39, 0.29) is 0 Å². The Morgan fingerprint density at radius 3 is 3.11 bits per heavy atom. The van der Waals surface area contributed by atoms with Gasteiger partial charge in [0, 0.05) is 18.7 Å². The first kappa shape index (κ1) is 13.1. The summed E-state index contributed by atoms with van der Waals surface area (Å²) in [7, 11) is 0. The number of anilines is 2. The summed E-state index contributed by atoms with van der Waals surface area (Å²) >= 11 is 0. The van der Waals surface area contributed by atoms with E-state index in [0.29, 0.717) is 11.9 Å². The molecule has 5 nitrogen and oxygen atoms in total. The van der Waals surface area contributed by atoms with Gasteiger partial charge in [-0.15, -0.1) is 0 Å². The summed E-state index contributed by atoms with van der Waals surface area (Å²) in [6, 6.07) is 0. The molecule has 2 rings (SSSR count). The van der Waals surface area contributed by atoms with Gasteiger partial charge in [-0.1, -0.05) is 13.3 Å². The Bertz CT molecular complexity index is 377. The van der Waals surface area contributed by atoms with Crippen LogP contribution in [0.25, 0.3) is 0 Å². The van der Waals surface area contributed by atoms with Crippen molar-refractivity contribution in [2.24, 2.45) is 0 Å². The molecule has 1 aromatic rings. The number of aromatic nitrogens is 2. The maximum Gasteiger partial charge on any atom is 0.134 e. The van der Waals surface area contributed by atoms with Gasteiger partial charge in [0.05, 0.1) is 6.10 Å². The Labute approximate surface area is 108 Å². The summed E-state index contributed by atoms with van der Waals surface area (Å²) in [5.74, 6) is 1.47. The second-order valence-electron chi connectivity index (χ2n) is 4.69. The van der Waals surface area contributed by atoms with Gasteiger partial charge in [0.25, 0.3) is 0 Å². The number of nitrogens with two attached hydrogens (primary N) is 1. The van der Waals surface area contributed by atoms with E-state index in [0.717, 1.165) is 43.8 Å². The predicted molar refractivity (Wildman–Crippen MR) is 72.5 cm³/mol. The van der Waals surface area contributed by atoms with Crippen LogP contribution < -0.4 is 11.1 Å². The highest BCUT2D eigenvalue weighted by molar-refractivity contribution is 5.54. The Kier molecular flexibility index (Phi) is 4.75. The van der Waals surface area contributed by atoms with Gasteiger partial charge in [-0.05, 0) is 25.7 Å². The largest absolute Gasteiger partial charge is 0.383 e. The highest BCUT2D eigenvalue weighted by Crippen LogP contribution is 2.20. The van der Waals surface area contributed by atoms with Crippen molar-refractivity contribution in [3.05, 3.63) is 11.9 Å². The molecule has 0 spiro atoms. The second kappa shape index (κ2) is 6.54. The van der Waals surface area contributed by atoms with Crippen LogP contribution in [-0.4, -0.2) is 29.2 Å². The summed E-state index contributed by atoms with van der Waals surface area (Å²) < 4.78 is 5.59. The lowest BCUT2D eigenvalue weighted by Crippen LogP contribution is -2.15. The zero-order chi connectivity index (χ0) is 12.8. The van der Waals surface area contributed by atoms with Crippen LogP contribution in [0.15, 0.2) is 6.33 Å². The summed E-state index contributed by atoms with van der Waals surface area (Å²) in [6.07, 6.45) is 7.26. The lowest BCUT2D eigenvalue weighted by atomic mass is 10.1. The van der Waals surface area contributed by atoms with Crippen LogP contribution in [0.2, 0.25) is 0 Å². The summed E-state index contributed by atoms with van der Waals surface area (Å²) in [5, 5.41) is 3.35. The van der Waals surface area contributed by atoms with E-state index in [2.05, 4.69) is 22.2 Å². The third kappa shape index (κ3) is 3.32. The number of hydrogen-bond acceptors (Lipinski definition) is 5. The van der Waals surface area contributed by atoms with Crippen LogP contribution >= 0.6 is 0 Å². The van der Waals surface area contributed by atoms with Gasteiger partial charge in [0.1, 0.15) is 18.0 Å². The normalized spacial score (nSPS) is 19.1. The number of ether oxygens (including phenoxy) is 1. The third-order valence-corrected chi connectivity index (χ3v) is 3.26. The van der Waals surface area contributed by atoms with Crippen LogP contribution in [0, 0.1) is 0 Å². The van der Waals surface area contributed by atoms with Crippen molar-refractivity contribution in [1.29, 1.82) is 0 Å². The van der Waals surface area contributed by atoms with E-state index in [1.54, 1.807) is 0 Å². The van der Waals surface area contributed by atoms with Gasteiger partial charge < -0.3 is 15.8 Å². The van der Waals surface area contributed by atoms with E-state index in [4.69, 9.17) is 10.5 Å². The van der Waals surface area contributed by atoms with Crippen molar-refractivity contribution in [2.75, 3.05) is 24.2 Å². The van der Waals surface area contributed by atoms with Gasteiger partial charge in [-0.25, -0.2) is 9.97 Å². The first-order chi connectivity index (χ1) is 8.81. The molecule has 0 saturated carbocycles. The van der Waals surface area contributed by atoms with Crippen molar-refractivity contribution in [3.8, 4) is 0 Å². The molecule has 0 aromatic carbocycles. The van der Waals surface area contributed by atoms with E-state index >= 15 is 0 Å². The molecule has 0 bridgehead atoms. The van der Waals surface area contributed by atoms with Crippen LogP contribution in [-0.2, 0) is 11.2 Å². The van der Waals surface area contributed by atoms with Crippen LogP contribution in [0.4, 0.5) is 11.6 Å². The van der Waals surface area contributed by atoms with Gasteiger partial charge in [-0.2, -0.15) is 0 Å². The smallest absolute Gasteiger partial charge is 0.134 e. The lowest BCUT2D eigenvalue weighted by molar-refractivity contribution is 0.107. The highest BCUT2D eigenvalue weighted by atomic mass is 16.5. The average Bonchev–Trinajstić information content (AvgIpc) is 2.86. The molecule has 5 heteroatoms. The summed E-state index contributed by atoms with van der Waals surface area (Å²) in [4.78, 5) is 8.33. The minimum absolute atomic E-state index is 0.409. The maximum absolute atomic E-state index is 5.89. The maximum atomic E-state index is 5.89. The van der Waals surface area contributed by atoms with Gasteiger partial charge in [0.2, 0.25) is 0 Å². The average molecular weight is 250 g/mol. The molecule has 2 heterocycles. The third-order valence-electron chi connectivity index (χ3n) is 3.26. The Balaban J connectivity index is 1.89. The lowest BCUT2D eigenvalue weighted by Gasteiger charge is -2.13. The molecule has 1 atom stereocenters. The fraction of sp³-hybridized carbons (Fsp3) is 0.692. The molecule has 1 unspecified atom stereocenters. The number of rotatable bonds is 6. The number of hydrogen-bond donors (Lipinski definition) is 2. The van der Waals surface area contributed by atoms with Crippen LogP contribution in [0.1, 0.15) is 38.2 Å². The summed E-state index contributed by atoms with van der Waals surface area (Å²) in [5.41, 5.74) is 6.92. The first-order valence-electron chi connectivity index (χ1n) is 6.76. The van der Waals surface area contributed by atoms with E-state index in [9.17, 15) is 0 Å². The molecular formula is C13H22N4O. The van der Waals surface area contributed by atoms with Crippen LogP contribution in [0.5, 0.6) is 0 Å². The molecule has 100 valence electrons. The Morgan fingerprint density at radius 1 is 1.50 bits per heavy atom. The molecule has 0 amide bonds. The predicted octanol–water partition coefficient (Wildman–Crippen LogP) is 1.99. The van der Waals surface area contributed by atoms with E-state index in [1.165, 1.54) is 19.2 Å². The molecular weight excluding hydrogens is 228 g/mol. The molecule has 0 aliphatic carbocycles. The molecule has 1 aliphatic rings. The molecule has 1 aromatic heterocycles. The van der Waals surface area contributed by atoms with Crippen molar-refractivity contribution >= 4 is 11.6 Å². The molecule has 1 aliphatic heterocycles. The zero-order valence-corrected chi connectivity index (χ0v) is 11.0. The second-order valence-corrected chi connectivity index (χ2v) is 4.69. The molecule has 1 saturated heterocycles. The SMILES string of the molecule is CCCc1c(N)ncnc1NCCC1CCCO1. The molecule has 3 N–H and O–H groups in total. The monoisotopic (exact) mass is 250 g/mol. The van der Waals surface area contributed by atoms with Crippen LogP contribution in [0.3, 0.4) is 0 Å². The number of nitrogen functional groups attached to an aromatic ring is 1. The molecule has 1 fully saturated rings. The van der Waals surface area contributed by atoms with Gasteiger partial charge >= 0.3 is 0 Å². The fourth-order valence-electron chi connectivity index (χ4n) is 2.30. The Hall–Kier alpha value is -1.36. The van der Waals surface area contributed by atoms with E-state index < -0.39 is 0 Å². The zero-order valence-electron chi connectivity index (χ0n) is 11.0.